The lowest BCUT2D eigenvalue weighted by atomic mass is 10.1. The van der Waals surface area contributed by atoms with Gasteiger partial charge in [-0.15, -0.1) is 0 Å². The third kappa shape index (κ3) is 1.61. The van der Waals surface area contributed by atoms with E-state index in [0.717, 1.165) is 0 Å². The Morgan fingerprint density at radius 3 is 2.25 bits per heavy atom. The predicted octanol–water partition coefficient (Wildman–Crippen LogP) is -0.266. The summed E-state index contributed by atoms with van der Waals surface area (Å²) in [7, 11) is 0. The first-order valence-electron chi connectivity index (χ1n) is 2.37. The van der Waals surface area contributed by atoms with E-state index in [9.17, 15) is 0 Å². The number of rotatable bonds is 2. The number of nitrogens with two attached hydrogens (primary N) is 1. The fourth-order valence-electron chi connectivity index (χ4n) is 0.123. The zero-order chi connectivity index (χ0) is 6.78. The van der Waals surface area contributed by atoms with Crippen molar-refractivity contribution in [2.75, 3.05) is 0 Å². The van der Waals surface area contributed by atoms with Gasteiger partial charge in [0.2, 0.25) is 0 Å². The maximum atomic E-state index is 9.06. The van der Waals surface area contributed by atoms with E-state index in [1.165, 1.54) is 6.92 Å². The molecular formula is C5H12N2O. The van der Waals surface area contributed by atoms with Crippen LogP contribution in [0.3, 0.4) is 0 Å². The highest BCUT2D eigenvalue weighted by molar-refractivity contribution is 5.03. The molecule has 0 spiro atoms. The Kier molecular flexibility index (Phi) is 2.15. The van der Waals surface area contributed by atoms with Crippen LogP contribution < -0.4 is 11.3 Å². The molecule has 0 aliphatic rings. The van der Waals surface area contributed by atoms with Crippen LogP contribution in [0.4, 0.5) is 0 Å². The minimum absolute atomic E-state index is 0.597. The zero-order valence-electron chi connectivity index (χ0n) is 5.23. The molecule has 0 radical (unpaired) electrons. The average molecular weight is 116 g/mol. The summed E-state index contributed by atoms with van der Waals surface area (Å²) in [6.07, 6.45) is 0. The summed E-state index contributed by atoms with van der Waals surface area (Å²) in [6.45, 7) is 6.74. The number of hydrogen-bond acceptors (Lipinski definition) is 3. The molecule has 0 amide bonds. The second-order valence-electron chi connectivity index (χ2n) is 2.00. The van der Waals surface area contributed by atoms with E-state index in [0.29, 0.717) is 5.57 Å². The van der Waals surface area contributed by atoms with Crippen LogP contribution in [0.2, 0.25) is 0 Å². The second-order valence-corrected chi connectivity index (χ2v) is 2.00. The van der Waals surface area contributed by atoms with Crippen molar-refractivity contribution in [3.63, 3.8) is 0 Å². The van der Waals surface area contributed by atoms with Crippen molar-refractivity contribution in [2.45, 2.75) is 19.6 Å². The van der Waals surface area contributed by atoms with Crippen LogP contribution in [0.15, 0.2) is 12.2 Å². The first-order valence-corrected chi connectivity index (χ1v) is 2.37. The van der Waals surface area contributed by atoms with Crippen molar-refractivity contribution >= 4 is 0 Å². The van der Waals surface area contributed by atoms with Crippen molar-refractivity contribution in [3.8, 4) is 0 Å². The highest BCUT2D eigenvalue weighted by atomic mass is 16.3. The summed E-state index contributed by atoms with van der Waals surface area (Å²) in [6, 6.07) is 0. The molecule has 0 aliphatic heterocycles. The molecule has 0 saturated heterocycles. The van der Waals surface area contributed by atoms with E-state index in [1.54, 1.807) is 6.92 Å². The van der Waals surface area contributed by atoms with Crippen molar-refractivity contribution in [1.82, 2.24) is 5.43 Å². The summed E-state index contributed by atoms with van der Waals surface area (Å²) >= 11 is 0. The van der Waals surface area contributed by atoms with E-state index >= 15 is 0 Å². The van der Waals surface area contributed by atoms with Gasteiger partial charge in [0, 0.05) is 0 Å². The van der Waals surface area contributed by atoms with Gasteiger partial charge >= 0.3 is 0 Å². The summed E-state index contributed by atoms with van der Waals surface area (Å²) in [4.78, 5) is 0. The lowest BCUT2D eigenvalue weighted by molar-refractivity contribution is 0.0624. The number of hydrazine groups is 1. The quantitative estimate of drug-likeness (QED) is 0.201. The van der Waals surface area contributed by atoms with Gasteiger partial charge in [0.15, 0.2) is 0 Å². The monoisotopic (exact) mass is 116 g/mol. The van der Waals surface area contributed by atoms with Crippen molar-refractivity contribution in [2.24, 2.45) is 5.84 Å². The average Bonchev–Trinajstić information content (AvgIpc) is 1.67. The van der Waals surface area contributed by atoms with E-state index in [-0.39, 0.29) is 0 Å². The molecule has 0 heterocycles. The Balaban J connectivity index is 3.91. The summed E-state index contributed by atoms with van der Waals surface area (Å²) < 4.78 is 0. The predicted molar refractivity (Wildman–Crippen MR) is 32.8 cm³/mol. The van der Waals surface area contributed by atoms with Gasteiger partial charge in [-0.3, -0.25) is 5.84 Å². The molecule has 0 rings (SSSR count). The largest absolute Gasteiger partial charge is 0.371 e. The Hall–Kier alpha value is -0.380. The molecule has 0 saturated carbocycles. The molecule has 4 N–H and O–H groups in total. The molecule has 3 nitrogen and oxygen atoms in total. The van der Waals surface area contributed by atoms with Gasteiger partial charge in [0.05, 0.1) is 0 Å². The normalized spacial score (nSPS) is 17.5. The van der Waals surface area contributed by atoms with Gasteiger partial charge in [0.25, 0.3) is 0 Å². The minimum atomic E-state index is -1.12. The van der Waals surface area contributed by atoms with Gasteiger partial charge in [-0.25, -0.2) is 5.43 Å². The molecule has 1 atom stereocenters. The van der Waals surface area contributed by atoms with E-state index in [2.05, 4.69) is 12.0 Å². The van der Waals surface area contributed by atoms with E-state index < -0.39 is 5.72 Å². The summed E-state index contributed by atoms with van der Waals surface area (Å²) in [5, 5.41) is 9.06. The van der Waals surface area contributed by atoms with Crippen molar-refractivity contribution < 1.29 is 5.11 Å². The van der Waals surface area contributed by atoms with Crippen LogP contribution in [0.5, 0.6) is 0 Å². The highest BCUT2D eigenvalue weighted by Gasteiger charge is 2.17. The molecule has 8 heavy (non-hydrogen) atoms. The first-order chi connectivity index (χ1) is 3.50. The van der Waals surface area contributed by atoms with Crippen molar-refractivity contribution in [1.29, 1.82) is 0 Å². The SMILES string of the molecule is C=C(C)C(C)(O)NN. The second kappa shape index (κ2) is 2.26. The Labute approximate surface area is 49.2 Å². The van der Waals surface area contributed by atoms with E-state index in [1.807, 2.05) is 0 Å². The molecule has 0 aromatic carbocycles. The molecular weight excluding hydrogens is 104 g/mol. The van der Waals surface area contributed by atoms with Gasteiger partial charge in [-0.05, 0) is 19.4 Å². The maximum absolute atomic E-state index is 9.06. The molecule has 0 fully saturated rings. The molecule has 48 valence electrons. The molecule has 3 heteroatoms. The van der Waals surface area contributed by atoms with Gasteiger partial charge in [-0.2, -0.15) is 0 Å². The Morgan fingerprint density at radius 1 is 1.88 bits per heavy atom. The van der Waals surface area contributed by atoms with Crippen LogP contribution in [0, 0.1) is 0 Å². The molecule has 0 aliphatic carbocycles. The molecule has 0 bridgehead atoms. The topological polar surface area (TPSA) is 58.3 Å². The van der Waals surface area contributed by atoms with Crippen LogP contribution in [0.1, 0.15) is 13.8 Å². The maximum Gasteiger partial charge on any atom is 0.146 e. The lowest BCUT2D eigenvalue weighted by Gasteiger charge is -2.21. The zero-order valence-corrected chi connectivity index (χ0v) is 5.23. The number of aliphatic hydroxyl groups is 1. The van der Waals surface area contributed by atoms with Crippen LogP contribution >= 0.6 is 0 Å². The standard InChI is InChI=1S/C5H12N2O/c1-4(2)5(3,8)7-6/h7-8H,1,6H2,2-3H3. The third-order valence-corrected chi connectivity index (χ3v) is 1.11. The van der Waals surface area contributed by atoms with Crippen LogP contribution in [-0.2, 0) is 0 Å². The fraction of sp³-hybridized carbons (Fsp3) is 0.600. The highest BCUT2D eigenvalue weighted by Crippen LogP contribution is 2.06. The molecule has 0 aromatic heterocycles. The van der Waals surface area contributed by atoms with Gasteiger partial charge in [-0.1, -0.05) is 6.58 Å². The fourth-order valence-corrected chi connectivity index (χ4v) is 0.123. The van der Waals surface area contributed by atoms with E-state index in [4.69, 9.17) is 10.9 Å². The first kappa shape index (κ1) is 7.62. The summed E-state index contributed by atoms with van der Waals surface area (Å²) in [5.41, 5.74) is 1.67. The Morgan fingerprint density at radius 2 is 2.25 bits per heavy atom. The van der Waals surface area contributed by atoms with Crippen LogP contribution in [-0.4, -0.2) is 10.8 Å². The van der Waals surface area contributed by atoms with Crippen LogP contribution in [0.25, 0.3) is 0 Å². The van der Waals surface area contributed by atoms with Crippen molar-refractivity contribution in [3.05, 3.63) is 12.2 Å². The summed E-state index contributed by atoms with van der Waals surface area (Å²) in [5.74, 6) is 4.95. The number of nitrogens with one attached hydrogen (secondary N) is 1. The minimum Gasteiger partial charge on any atom is -0.371 e. The van der Waals surface area contributed by atoms with Gasteiger partial charge < -0.3 is 5.11 Å². The smallest absolute Gasteiger partial charge is 0.146 e. The van der Waals surface area contributed by atoms with Gasteiger partial charge in [0.1, 0.15) is 5.72 Å². The Bertz CT molecular complexity index is 98.6. The third-order valence-electron chi connectivity index (χ3n) is 1.11. The number of hydrogen-bond donors (Lipinski definition) is 3. The molecule has 1 unspecified atom stereocenters. The lowest BCUT2D eigenvalue weighted by Crippen LogP contribution is -2.47. The molecule has 0 aromatic rings.